The molecule has 0 aliphatic rings. The van der Waals surface area contributed by atoms with Gasteiger partial charge in [0.1, 0.15) is 23.0 Å². The number of fused-ring (bicyclic) bond motifs is 1. The minimum absolute atomic E-state index is 0.00171. The Morgan fingerprint density at radius 2 is 2.07 bits per heavy atom. The molecule has 3 nitrogen and oxygen atoms in total. The molecule has 0 unspecified atom stereocenters. The molecule has 0 radical (unpaired) electrons. The van der Waals surface area contributed by atoms with Crippen LogP contribution in [-0.4, -0.2) is 10.2 Å². The van der Waals surface area contributed by atoms with Gasteiger partial charge in [-0.05, 0) is 19.1 Å². The molecule has 0 spiro atoms. The van der Waals surface area contributed by atoms with Crippen molar-refractivity contribution >= 4 is 10.9 Å². The predicted octanol–water partition coefficient (Wildman–Crippen LogP) is 2.91. The largest absolute Gasteiger partial charge is 0.282 e. The lowest BCUT2D eigenvalue weighted by Gasteiger charge is -1.93. The van der Waals surface area contributed by atoms with E-state index < -0.39 is 5.82 Å². The normalized spacial score (nSPS) is 9.27. The number of aryl methyl sites for hydroxylation is 1. The summed E-state index contributed by atoms with van der Waals surface area (Å²) in [4.78, 5) is 0. The zero-order valence-electron chi connectivity index (χ0n) is 8.93. The van der Waals surface area contributed by atoms with Gasteiger partial charge in [-0.15, -0.1) is 0 Å². The van der Waals surface area contributed by atoms with Crippen molar-refractivity contribution in [2.24, 2.45) is 0 Å². The highest BCUT2D eigenvalue weighted by molar-refractivity contribution is 5.86. The number of hydrogen-bond donors (Lipinski definition) is 1. The number of aromatic amines is 1. The lowest BCUT2D eigenvalue weighted by Crippen LogP contribution is -1.84. The zero-order valence-corrected chi connectivity index (χ0v) is 8.93. The van der Waals surface area contributed by atoms with E-state index in [-0.39, 0.29) is 5.56 Å². The topological polar surface area (TPSA) is 52.5 Å². The quantitative estimate of drug-likeness (QED) is 0.718. The van der Waals surface area contributed by atoms with Gasteiger partial charge in [-0.3, -0.25) is 5.10 Å². The Kier molecular flexibility index (Phi) is 3.40. The van der Waals surface area contributed by atoms with Crippen LogP contribution >= 0.6 is 0 Å². The van der Waals surface area contributed by atoms with E-state index in [1.54, 1.807) is 12.1 Å². The molecule has 0 aliphatic heterocycles. The van der Waals surface area contributed by atoms with Crippen LogP contribution in [0.4, 0.5) is 4.39 Å². The maximum absolute atomic E-state index is 13.1. The van der Waals surface area contributed by atoms with Gasteiger partial charge in [0.15, 0.2) is 0 Å². The maximum atomic E-state index is 13.1. The second-order valence-electron chi connectivity index (χ2n) is 2.78. The van der Waals surface area contributed by atoms with Crippen molar-refractivity contribution in [2.45, 2.75) is 20.8 Å². The summed E-state index contributed by atoms with van der Waals surface area (Å²) >= 11 is 0. The van der Waals surface area contributed by atoms with Gasteiger partial charge in [0.2, 0.25) is 0 Å². The van der Waals surface area contributed by atoms with E-state index >= 15 is 0 Å². The summed E-state index contributed by atoms with van der Waals surface area (Å²) in [7, 11) is 0. The van der Waals surface area contributed by atoms with Gasteiger partial charge in [-0.25, -0.2) is 4.39 Å². The molecule has 78 valence electrons. The van der Waals surface area contributed by atoms with Gasteiger partial charge in [0.25, 0.3) is 0 Å². The fraction of sp³-hybridized carbons (Fsp3) is 0.273. The number of halogens is 1. The standard InChI is InChI=1S/C9H6FN3.C2H6/c1-5-6-2-3-8(10)7(4-11)9(6)13-12-5;1-2/h2-3H,1H3,(H,12,13);1-2H3. The van der Waals surface area contributed by atoms with Gasteiger partial charge in [-0.2, -0.15) is 10.4 Å². The lowest BCUT2D eigenvalue weighted by molar-refractivity contribution is 0.625. The number of aromatic nitrogens is 2. The van der Waals surface area contributed by atoms with Crippen molar-refractivity contribution in [3.05, 3.63) is 29.2 Å². The Bertz CT molecular complexity index is 508. The lowest BCUT2D eigenvalue weighted by atomic mass is 10.1. The highest BCUT2D eigenvalue weighted by Crippen LogP contribution is 2.20. The van der Waals surface area contributed by atoms with Crippen LogP contribution < -0.4 is 0 Å². The fourth-order valence-electron chi connectivity index (χ4n) is 1.29. The third kappa shape index (κ3) is 1.82. The van der Waals surface area contributed by atoms with Crippen LogP contribution in [0, 0.1) is 24.1 Å². The summed E-state index contributed by atoms with van der Waals surface area (Å²) < 4.78 is 13.1. The second-order valence-corrected chi connectivity index (χ2v) is 2.78. The molecule has 0 saturated heterocycles. The minimum atomic E-state index is -0.526. The van der Waals surface area contributed by atoms with Crippen molar-refractivity contribution in [2.75, 3.05) is 0 Å². The Balaban J connectivity index is 0.000000531. The predicted molar refractivity (Wildman–Crippen MR) is 56.9 cm³/mol. The van der Waals surface area contributed by atoms with Crippen LogP contribution in [0.2, 0.25) is 0 Å². The molecule has 2 rings (SSSR count). The summed E-state index contributed by atoms with van der Waals surface area (Å²) in [6.07, 6.45) is 0. The summed E-state index contributed by atoms with van der Waals surface area (Å²) in [5.74, 6) is -0.526. The zero-order chi connectivity index (χ0) is 11.4. The minimum Gasteiger partial charge on any atom is -0.282 e. The van der Waals surface area contributed by atoms with Crippen molar-refractivity contribution in [1.29, 1.82) is 5.26 Å². The van der Waals surface area contributed by atoms with Crippen LogP contribution in [0.25, 0.3) is 10.9 Å². The summed E-state index contributed by atoms with van der Waals surface area (Å²) in [6.45, 7) is 5.83. The maximum Gasteiger partial charge on any atom is 0.143 e. The Labute approximate surface area is 87.5 Å². The molecule has 0 bridgehead atoms. The smallest absolute Gasteiger partial charge is 0.143 e. The second kappa shape index (κ2) is 4.56. The number of H-pyrrole nitrogens is 1. The number of benzene rings is 1. The van der Waals surface area contributed by atoms with Crippen LogP contribution in [-0.2, 0) is 0 Å². The molecule has 1 aromatic carbocycles. The number of rotatable bonds is 0. The van der Waals surface area contributed by atoms with E-state index in [2.05, 4.69) is 10.2 Å². The number of hydrogen-bond acceptors (Lipinski definition) is 2. The Hall–Kier alpha value is -1.89. The van der Waals surface area contributed by atoms with Gasteiger partial charge in [0.05, 0.1) is 0 Å². The molecule has 0 saturated carbocycles. The van der Waals surface area contributed by atoms with Crippen LogP contribution in [0.5, 0.6) is 0 Å². The average Bonchev–Trinajstić information content (AvgIpc) is 2.63. The fourth-order valence-corrected chi connectivity index (χ4v) is 1.29. The summed E-state index contributed by atoms with van der Waals surface area (Å²) in [5.41, 5.74) is 1.24. The molecule has 4 heteroatoms. The monoisotopic (exact) mass is 205 g/mol. The molecule has 2 aromatic rings. The van der Waals surface area contributed by atoms with Crippen molar-refractivity contribution in [1.82, 2.24) is 10.2 Å². The molecule has 0 atom stereocenters. The van der Waals surface area contributed by atoms with Crippen LogP contribution in [0.3, 0.4) is 0 Å². The highest BCUT2D eigenvalue weighted by Gasteiger charge is 2.10. The number of nitriles is 1. The van der Waals surface area contributed by atoms with Gasteiger partial charge in [0, 0.05) is 11.1 Å². The molecule has 0 fully saturated rings. The molecule has 1 heterocycles. The summed E-state index contributed by atoms with van der Waals surface area (Å²) in [5, 5.41) is 16.0. The first kappa shape index (κ1) is 11.2. The molecule has 1 aromatic heterocycles. The summed E-state index contributed by atoms with van der Waals surface area (Å²) in [6, 6.07) is 4.69. The molecule has 0 amide bonds. The molecule has 15 heavy (non-hydrogen) atoms. The first-order chi connectivity index (χ1) is 7.24. The van der Waals surface area contributed by atoms with Crippen molar-refractivity contribution in [3.63, 3.8) is 0 Å². The first-order valence-corrected chi connectivity index (χ1v) is 4.77. The van der Waals surface area contributed by atoms with E-state index in [9.17, 15) is 4.39 Å². The Morgan fingerprint density at radius 3 is 2.67 bits per heavy atom. The van der Waals surface area contributed by atoms with E-state index in [4.69, 9.17) is 5.26 Å². The molecular weight excluding hydrogens is 193 g/mol. The first-order valence-electron chi connectivity index (χ1n) is 4.77. The highest BCUT2D eigenvalue weighted by atomic mass is 19.1. The van der Waals surface area contributed by atoms with Gasteiger partial charge >= 0.3 is 0 Å². The Morgan fingerprint density at radius 1 is 1.40 bits per heavy atom. The average molecular weight is 205 g/mol. The van der Waals surface area contributed by atoms with Crippen molar-refractivity contribution in [3.8, 4) is 6.07 Å². The van der Waals surface area contributed by atoms with Crippen LogP contribution in [0.15, 0.2) is 12.1 Å². The number of nitrogens with zero attached hydrogens (tertiary/aromatic N) is 2. The molecular formula is C11H12FN3. The van der Waals surface area contributed by atoms with Crippen LogP contribution in [0.1, 0.15) is 25.1 Å². The van der Waals surface area contributed by atoms with Gasteiger partial charge < -0.3 is 0 Å². The number of nitrogens with one attached hydrogen (secondary N) is 1. The third-order valence-corrected chi connectivity index (χ3v) is 1.98. The van der Waals surface area contributed by atoms with Gasteiger partial charge in [-0.1, -0.05) is 13.8 Å². The van der Waals surface area contributed by atoms with E-state index in [1.165, 1.54) is 6.07 Å². The molecule has 0 aliphatic carbocycles. The SMILES string of the molecule is CC.Cc1[nH]nc2c(C#N)c(F)ccc12. The van der Waals surface area contributed by atoms with E-state index in [0.29, 0.717) is 5.52 Å². The van der Waals surface area contributed by atoms with E-state index in [1.807, 2.05) is 20.8 Å². The van der Waals surface area contributed by atoms with E-state index in [0.717, 1.165) is 11.1 Å². The third-order valence-electron chi connectivity index (χ3n) is 1.98. The molecule has 1 N–H and O–H groups in total. The van der Waals surface area contributed by atoms with Crippen molar-refractivity contribution < 1.29 is 4.39 Å².